The van der Waals surface area contributed by atoms with Crippen molar-refractivity contribution in [1.82, 2.24) is 0 Å². The number of primary amides is 1. The van der Waals surface area contributed by atoms with Gasteiger partial charge in [-0.2, -0.15) is 0 Å². The molecule has 33 heavy (non-hydrogen) atoms. The van der Waals surface area contributed by atoms with E-state index in [9.17, 15) is 50.0 Å². The number of amides is 1. The number of benzene rings is 1. The smallest absolute Gasteiger partial charge is 0.313 e. The summed E-state index contributed by atoms with van der Waals surface area (Å²) in [5.74, 6) is -9.63. The summed E-state index contributed by atoms with van der Waals surface area (Å²) < 4.78 is 0. The highest BCUT2D eigenvalue weighted by Crippen LogP contribution is 2.59. The molecule has 5 unspecified atom stereocenters. The molecular formula is C20H21N3O10. The Labute approximate surface area is 185 Å². The largest absolute Gasteiger partial charge is 0.508 e. The summed E-state index contributed by atoms with van der Waals surface area (Å²) in [7, 11) is 0. The molecule has 3 aliphatic rings. The van der Waals surface area contributed by atoms with E-state index in [0.29, 0.717) is 0 Å². The number of carbonyl (C=O) groups is 3. The molecule has 1 saturated carbocycles. The molecule has 0 bridgehead atoms. The second-order valence-corrected chi connectivity index (χ2v) is 8.90. The van der Waals surface area contributed by atoms with Crippen molar-refractivity contribution in [3.8, 4) is 5.75 Å². The van der Waals surface area contributed by atoms with Crippen molar-refractivity contribution in [2.45, 2.75) is 37.1 Å². The molecule has 0 radical (unpaired) electrons. The first-order valence-corrected chi connectivity index (χ1v) is 9.91. The number of anilines is 1. The van der Waals surface area contributed by atoms with Crippen LogP contribution in [0.25, 0.3) is 0 Å². The van der Waals surface area contributed by atoms with E-state index in [4.69, 9.17) is 11.5 Å². The quantitative estimate of drug-likeness (QED) is 0.0911. The van der Waals surface area contributed by atoms with Crippen LogP contribution in [0.2, 0.25) is 0 Å². The van der Waals surface area contributed by atoms with E-state index in [1.54, 1.807) is 0 Å². The highest BCUT2D eigenvalue weighted by atomic mass is 16.6. The second kappa shape index (κ2) is 6.73. The minimum Gasteiger partial charge on any atom is -0.508 e. The van der Waals surface area contributed by atoms with E-state index >= 15 is 0 Å². The van der Waals surface area contributed by atoms with E-state index in [0.717, 1.165) is 6.07 Å². The van der Waals surface area contributed by atoms with Crippen LogP contribution in [0, 0.1) is 27.9 Å². The van der Waals surface area contributed by atoms with E-state index in [2.05, 4.69) is 0 Å². The van der Waals surface area contributed by atoms with Gasteiger partial charge in [0.1, 0.15) is 17.4 Å². The molecular weight excluding hydrogens is 442 g/mol. The van der Waals surface area contributed by atoms with Gasteiger partial charge in [-0.3, -0.25) is 24.5 Å². The fraction of sp³-hybridized carbons (Fsp3) is 0.450. The normalized spacial score (nSPS) is 35.5. The summed E-state index contributed by atoms with van der Waals surface area (Å²) in [6.07, 6.45) is -2.97. The van der Waals surface area contributed by atoms with Crippen LogP contribution in [-0.4, -0.2) is 59.6 Å². The molecule has 176 valence electrons. The lowest BCUT2D eigenvalue weighted by Gasteiger charge is -2.56. The molecule has 4 rings (SSSR count). The Bertz CT molecular complexity index is 1190. The van der Waals surface area contributed by atoms with Crippen LogP contribution in [0.5, 0.6) is 5.75 Å². The molecule has 1 amide bonds. The number of nitro groups is 1. The molecule has 0 spiro atoms. The monoisotopic (exact) mass is 463 g/mol. The molecule has 0 aromatic heterocycles. The molecule has 13 nitrogen and oxygen atoms in total. The van der Waals surface area contributed by atoms with Crippen LogP contribution in [0.4, 0.5) is 11.4 Å². The summed E-state index contributed by atoms with van der Waals surface area (Å²) in [5.41, 5.74) is 3.20. The molecule has 3 aliphatic carbocycles. The number of aliphatic hydroxyl groups excluding tert-OH is 2. The van der Waals surface area contributed by atoms with Crippen molar-refractivity contribution in [2.75, 3.05) is 5.73 Å². The van der Waals surface area contributed by atoms with Gasteiger partial charge in [-0.1, -0.05) is 0 Å². The molecule has 1 aromatic carbocycles. The number of rotatable bonds is 2. The van der Waals surface area contributed by atoms with Gasteiger partial charge in [-0.25, -0.2) is 0 Å². The second-order valence-electron chi connectivity index (χ2n) is 8.90. The van der Waals surface area contributed by atoms with Crippen molar-refractivity contribution in [3.05, 3.63) is 38.6 Å². The molecule has 1 fully saturated rings. The number of fused-ring (bicyclic) bond motifs is 3. The van der Waals surface area contributed by atoms with Gasteiger partial charge in [0.2, 0.25) is 5.75 Å². The van der Waals surface area contributed by atoms with E-state index in [1.807, 2.05) is 0 Å². The number of nitro benzene ring substituents is 1. The highest BCUT2D eigenvalue weighted by molar-refractivity contribution is 6.20. The highest BCUT2D eigenvalue weighted by Gasteiger charge is 2.66. The number of aromatic hydroxyl groups is 1. The maximum Gasteiger partial charge on any atom is 0.313 e. The topological polar surface area (TPSA) is 248 Å². The molecule has 6 atom stereocenters. The Morgan fingerprint density at radius 1 is 1.27 bits per heavy atom. The third-order valence-corrected chi connectivity index (χ3v) is 7.24. The SMILES string of the molecule is C[C@@]1(O)c2c(N)cc([N+](=O)[O-])c(O)c2C(=O)C2C(O)C3(O)C(O)=C(C(N)=O)C(=O)CC3CC21. The summed E-state index contributed by atoms with van der Waals surface area (Å²) in [6, 6.07) is 0.795. The Morgan fingerprint density at radius 3 is 2.42 bits per heavy atom. The predicted molar refractivity (Wildman–Crippen MR) is 108 cm³/mol. The summed E-state index contributed by atoms with van der Waals surface area (Å²) >= 11 is 0. The zero-order valence-electron chi connectivity index (χ0n) is 17.2. The van der Waals surface area contributed by atoms with Gasteiger partial charge in [0.15, 0.2) is 17.2 Å². The van der Waals surface area contributed by atoms with E-state index < -0.39 is 92.2 Å². The first-order valence-electron chi connectivity index (χ1n) is 9.91. The molecule has 1 aromatic rings. The Morgan fingerprint density at radius 2 is 1.88 bits per heavy atom. The number of hydrogen-bond acceptors (Lipinski definition) is 11. The maximum atomic E-state index is 13.4. The van der Waals surface area contributed by atoms with Gasteiger partial charge in [0, 0.05) is 35.6 Å². The number of Topliss-reactive ketones (excluding diaryl/α,β-unsaturated/α-hetero) is 2. The number of nitrogens with zero attached hydrogens (tertiary/aromatic N) is 1. The van der Waals surface area contributed by atoms with Gasteiger partial charge >= 0.3 is 5.69 Å². The summed E-state index contributed by atoms with van der Waals surface area (Å²) in [6.45, 7) is 1.23. The fourth-order valence-corrected chi connectivity index (χ4v) is 5.71. The van der Waals surface area contributed by atoms with Gasteiger partial charge in [-0.05, 0) is 13.3 Å². The number of aliphatic hydroxyl groups is 4. The van der Waals surface area contributed by atoms with Crippen LogP contribution in [0.1, 0.15) is 35.7 Å². The van der Waals surface area contributed by atoms with Crippen LogP contribution in [0.15, 0.2) is 17.4 Å². The lowest BCUT2D eigenvalue weighted by Crippen LogP contribution is -2.67. The lowest BCUT2D eigenvalue weighted by atomic mass is 9.51. The molecule has 0 heterocycles. The minimum absolute atomic E-state index is 0.282. The Balaban J connectivity index is 1.97. The molecule has 13 heteroatoms. The van der Waals surface area contributed by atoms with E-state index in [1.165, 1.54) is 6.92 Å². The van der Waals surface area contributed by atoms with Crippen molar-refractivity contribution in [1.29, 1.82) is 0 Å². The zero-order valence-corrected chi connectivity index (χ0v) is 17.2. The first-order chi connectivity index (χ1) is 15.2. The Hall–Kier alpha value is -3.55. The van der Waals surface area contributed by atoms with Crippen molar-refractivity contribution in [3.63, 3.8) is 0 Å². The fourth-order valence-electron chi connectivity index (χ4n) is 5.71. The van der Waals surface area contributed by atoms with Crippen LogP contribution < -0.4 is 11.5 Å². The average molecular weight is 463 g/mol. The number of nitrogens with two attached hydrogens (primary N) is 2. The number of hydrogen-bond donors (Lipinski definition) is 7. The third kappa shape index (κ3) is 2.66. The standard InChI is InChI=1S/C20H21N3O10/c1-19(30)6-2-5-3-9(24)11(18(22)29)17(28)20(5,31)16(27)10(6)15(26)12-13(19)7(21)4-8(14(12)25)23(32)33/h4-6,10,16,25,27-28,30-31H,2-3,21H2,1H3,(H2,22,29)/t5?,6?,10?,16?,19-,20?/m0/s1. The number of carbonyl (C=O) groups excluding carboxylic acids is 3. The predicted octanol–water partition coefficient (Wildman–Crippen LogP) is -1.10. The minimum atomic E-state index is -2.65. The lowest BCUT2D eigenvalue weighted by molar-refractivity contribution is -0.385. The van der Waals surface area contributed by atoms with Crippen molar-refractivity contribution >= 4 is 28.8 Å². The number of phenolic OH excluding ortho intramolecular Hbond substituents is 1. The number of ketones is 2. The van der Waals surface area contributed by atoms with Crippen LogP contribution in [0.3, 0.4) is 0 Å². The van der Waals surface area contributed by atoms with E-state index in [-0.39, 0.29) is 17.7 Å². The maximum absolute atomic E-state index is 13.4. The third-order valence-electron chi connectivity index (χ3n) is 7.24. The Kier molecular flexibility index (Phi) is 4.61. The number of nitrogen functional groups attached to an aromatic ring is 1. The molecule has 9 N–H and O–H groups in total. The van der Waals surface area contributed by atoms with Crippen LogP contribution in [-0.2, 0) is 15.2 Å². The first kappa shape index (κ1) is 22.6. The zero-order chi connectivity index (χ0) is 24.8. The van der Waals surface area contributed by atoms with Crippen LogP contribution >= 0.6 is 0 Å². The van der Waals surface area contributed by atoms with Crippen molar-refractivity contribution < 1.29 is 44.8 Å². The average Bonchev–Trinajstić information content (AvgIpc) is 2.69. The van der Waals surface area contributed by atoms with Gasteiger partial charge in [0.05, 0.1) is 22.0 Å². The van der Waals surface area contributed by atoms with Gasteiger partial charge in [0.25, 0.3) is 5.91 Å². The summed E-state index contributed by atoms with van der Waals surface area (Å²) in [4.78, 5) is 47.8. The number of phenols is 1. The molecule has 0 aliphatic heterocycles. The summed E-state index contributed by atoms with van der Waals surface area (Å²) in [5, 5.41) is 66.1. The van der Waals surface area contributed by atoms with Crippen molar-refractivity contribution in [2.24, 2.45) is 23.5 Å². The molecule has 0 saturated heterocycles. The van der Waals surface area contributed by atoms with Gasteiger partial charge in [-0.15, -0.1) is 0 Å². The van der Waals surface area contributed by atoms with Gasteiger partial charge < -0.3 is 37.0 Å².